The molecule has 0 bridgehead atoms. The summed E-state index contributed by atoms with van der Waals surface area (Å²) in [7, 11) is 0. The number of halogens is 4. The van der Waals surface area contributed by atoms with E-state index in [1.807, 2.05) is 22.6 Å². The molecule has 1 aliphatic carbocycles. The van der Waals surface area contributed by atoms with E-state index < -0.39 is 85.5 Å². The minimum atomic E-state index is -1.17. The number of aliphatic hydroxyl groups excluding tert-OH is 6. The molecular weight excluding hydrogens is 866 g/mol. The summed E-state index contributed by atoms with van der Waals surface area (Å²) in [5.41, 5.74) is 0. The number of hydrogen-bond donors (Lipinski definition) is 8. The van der Waals surface area contributed by atoms with Gasteiger partial charge in [-0.25, -0.2) is 0 Å². The van der Waals surface area contributed by atoms with Crippen molar-refractivity contribution >= 4 is 79.6 Å². The molecule has 0 spiro atoms. The first kappa shape index (κ1) is 35.1. The van der Waals surface area contributed by atoms with Crippen molar-refractivity contribution < 1.29 is 53.8 Å². The highest BCUT2D eigenvalue weighted by Gasteiger charge is 2.55. The second-order valence-electron chi connectivity index (χ2n) is 9.12. The van der Waals surface area contributed by atoms with E-state index in [4.69, 9.17) is 10.2 Å². The topological polar surface area (TPSA) is 213 Å². The Morgan fingerprint density at radius 3 is 1.85 bits per heavy atom. The van der Waals surface area contributed by atoms with Crippen molar-refractivity contribution in [3.05, 3.63) is 12.2 Å². The minimum Gasteiger partial charge on any atom is -0.394 e. The molecule has 7 atom stereocenters. The van der Waals surface area contributed by atoms with Gasteiger partial charge in [0.15, 0.2) is 6.54 Å². The second kappa shape index (κ2) is 17.1. The molecule has 1 aromatic heterocycles. The highest BCUT2D eigenvalue weighted by atomic mass is 127. The molecule has 8 N–H and O–H groups in total. The normalized spacial score (nSPS) is 27.7. The van der Waals surface area contributed by atoms with Crippen molar-refractivity contribution in [3.63, 3.8) is 0 Å². The Hall–Kier alpha value is -0.0800. The van der Waals surface area contributed by atoms with Gasteiger partial charge in [0.1, 0.15) is 0 Å². The molecule has 224 valence electrons. The van der Waals surface area contributed by atoms with E-state index in [1.54, 1.807) is 4.90 Å². The Balaban J connectivity index is 2.43. The Morgan fingerprint density at radius 1 is 0.949 bits per heavy atom. The molecule has 7 unspecified atom stereocenters. The summed E-state index contributed by atoms with van der Waals surface area (Å²) in [6.07, 6.45) is -2.68. The molecule has 1 saturated carbocycles. The van der Waals surface area contributed by atoms with Crippen molar-refractivity contribution in [2.75, 3.05) is 46.0 Å². The van der Waals surface area contributed by atoms with Crippen LogP contribution in [0.5, 0.6) is 0 Å². The van der Waals surface area contributed by atoms with Gasteiger partial charge in [-0.3, -0.25) is 14.5 Å². The maximum atomic E-state index is 14.0. The number of aromatic nitrogens is 2. The number of amides is 2. The van der Waals surface area contributed by atoms with E-state index in [1.165, 1.54) is 0 Å². The van der Waals surface area contributed by atoms with Crippen LogP contribution in [-0.2, 0) is 16.1 Å². The summed E-state index contributed by atoms with van der Waals surface area (Å²) in [5, 5.41) is 66.4. The van der Waals surface area contributed by atoms with E-state index in [0.717, 1.165) is 10.9 Å². The van der Waals surface area contributed by atoms with Gasteiger partial charge in [0.25, 0.3) is 0 Å². The minimum absolute atomic E-state index is 0.0104. The van der Waals surface area contributed by atoms with Crippen LogP contribution in [-0.4, -0.2) is 135 Å². The molecule has 39 heavy (non-hydrogen) atoms. The summed E-state index contributed by atoms with van der Waals surface area (Å²) in [5.74, 6) is -3.19. The molecule has 0 aromatic carbocycles. The van der Waals surface area contributed by atoms with Crippen LogP contribution in [0.25, 0.3) is 0 Å². The van der Waals surface area contributed by atoms with E-state index in [9.17, 15) is 34.4 Å². The quantitative estimate of drug-likeness (QED) is 0.0497. The first-order chi connectivity index (χ1) is 18.5. The molecule has 2 rings (SSSR count). The van der Waals surface area contributed by atoms with Gasteiger partial charge in [0.05, 0.1) is 56.5 Å². The average Bonchev–Trinajstić information content (AvgIpc) is 3.32. The Kier molecular flexibility index (Phi) is 15.4. The van der Waals surface area contributed by atoms with Crippen LogP contribution in [0.4, 0.5) is 4.39 Å². The van der Waals surface area contributed by atoms with Crippen LogP contribution >= 0.6 is 67.8 Å². The summed E-state index contributed by atoms with van der Waals surface area (Å²) in [6, 6.07) is -0.550. The van der Waals surface area contributed by atoms with Gasteiger partial charge in [0.2, 0.25) is 23.3 Å². The van der Waals surface area contributed by atoms with E-state index >= 15 is 0 Å². The summed E-state index contributed by atoms with van der Waals surface area (Å²) in [4.78, 5) is 28.5. The SMILES string of the molecule is O=C(NCC(O)CO)C1C(I)C(C(=O)NCC(O)CO)C(I)C(N(CC[n+]2nocc2F)CC(O)CO)C1I. The molecule has 0 aliphatic heterocycles. The lowest BCUT2D eigenvalue weighted by Gasteiger charge is -2.49. The van der Waals surface area contributed by atoms with Gasteiger partial charge in [0, 0.05) is 37.5 Å². The summed E-state index contributed by atoms with van der Waals surface area (Å²) >= 11 is 6.26. The van der Waals surface area contributed by atoms with Crippen molar-refractivity contribution in [1.82, 2.24) is 20.8 Å². The van der Waals surface area contributed by atoms with Gasteiger partial charge in [-0.15, -0.1) is 4.39 Å². The van der Waals surface area contributed by atoms with Gasteiger partial charge >= 0.3 is 5.95 Å². The lowest BCUT2D eigenvalue weighted by atomic mass is 9.76. The fourth-order valence-corrected chi connectivity index (χ4v) is 11.5. The molecule has 14 nitrogen and oxygen atoms in total. The zero-order valence-electron chi connectivity index (χ0n) is 20.7. The van der Waals surface area contributed by atoms with Gasteiger partial charge in [-0.1, -0.05) is 67.8 Å². The number of alkyl halides is 3. The second-order valence-corrected chi connectivity index (χ2v) is 13.4. The van der Waals surface area contributed by atoms with Crippen LogP contribution in [0.2, 0.25) is 0 Å². The molecule has 1 fully saturated rings. The third-order valence-electron chi connectivity index (χ3n) is 6.29. The van der Waals surface area contributed by atoms with Crippen molar-refractivity contribution in [1.29, 1.82) is 0 Å². The molecule has 0 saturated heterocycles. The molecule has 1 aromatic rings. The third kappa shape index (κ3) is 9.73. The molecule has 1 aliphatic rings. The maximum Gasteiger partial charge on any atom is 0.426 e. The highest BCUT2D eigenvalue weighted by Crippen LogP contribution is 2.45. The first-order valence-corrected chi connectivity index (χ1v) is 15.8. The standard InChI is InChI=1S/C21H33FI3N5O9/c22-13-9-39-28-30(13)2-1-29(5-12(36)8-33)19-17(24)14(20(37)26-3-10(34)6-31)16(23)15(18(19)25)21(38)27-4-11(35)7-32/h9-12,14-19,31-36H,1-8H2,(H-,26,27,37,38)/p+1. The lowest BCUT2D eigenvalue weighted by Crippen LogP contribution is -2.66. The zero-order valence-corrected chi connectivity index (χ0v) is 27.2. The predicted octanol–water partition coefficient (Wildman–Crippen LogP) is -3.28. The van der Waals surface area contributed by atoms with Crippen LogP contribution in [0, 0.1) is 17.8 Å². The Labute approximate surface area is 265 Å². The van der Waals surface area contributed by atoms with Crippen LogP contribution in [0.3, 0.4) is 0 Å². The number of nitrogens with one attached hydrogen (secondary N) is 2. The van der Waals surface area contributed by atoms with E-state index in [0.29, 0.717) is 0 Å². The van der Waals surface area contributed by atoms with Crippen LogP contribution in [0.1, 0.15) is 0 Å². The maximum absolute atomic E-state index is 14.0. The molecular formula is C21H34FI3N5O9+. The van der Waals surface area contributed by atoms with Gasteiger partial charge in [-0.05, 0) is 4.68 Å². The van der Waals surface area contributed by atoms with E-state index in [2.05, 4.69) is 65.6 Å². The number of rotatable bonds is 15. The molecule has 18 heteroatoms. The monoisotopic (exact) mass is 900 g/mol. The van der Waals surface area contributed by atoms with Crippen molar-refractivity contribution in [2.24, 2.45) is 11.8 Å². The zero-order chi connectivity index (χ0) is 29.3. The Bertz CT molecular complexity index is 882. The average molecular weight is 900 g/mol. The fourth-order valence-electron chi connectivity index (χ4n) is 4.24. The number of carbonyl (C=O) groups is 2. The number of nitrogens with zero attached hydrogens (tertiary/aromatic N) is 3. The van der Waals surface area contributed by atoms with Crippen LogP contribution < -0.4 is 15.3 Å². The highest BCUT2D eigenvalue weighted by molar-refractivity contribution is 14.1. The molecule has 1 heterocycles. The first-order valence-electron chi connectivity index (χ1n) is 12.0. The largest absolute Gasteiger partial charge is 0.426 e. The van der Waals surface area contributed by atoms with Gasteiger partial charge in [-0.2, -0.15) is 0 Å². The van der Waals surface area contributed by atoms with Crippen LogP contribution in [0.15, 0.2) is 10.8 Å². The Morgan fingerprint density at radius 2 is 1.44 bits per heavy atom. The summed E-state index contributed by atoms with van der Waals surface area (Å²) in [6.45, 7) is -1.98. The number of hydrogen-bond acceptors (Lipinski definition) is 11. The number of carbonyl (C=O) groups excluding carboxylic acids is 2. The summed E-state index contributed by atoms with van der Waals surface area (Å²) < 4.78 is 18.1. The third-order valence-corrected chi connectivity index (χ3v) is 10.9. The number of aliphatic hydroxyl groups is 6. The molecule has 0 radical (unpaired) electrons. The van der Waals surface area contributed by atoms with Crippen molar-refractivity contribution in [3.8, 4) is 0 Å². The van der Waals surface area contributed by atoms with E-state index in [-0.39, 0.29) is 32.7 Å². The molecule has 2 amide bonds. The lowest BCUT2D eigenvalue weighted by molar-refractivity contribution is -0.784. The predicted molar refractivity (Wildman–Crippen MR) is 158 cm³/mol. The van der Waals surface area contributed by atoms with Crippen molar-refractivity contribution in [2.45, 2.75) is 42.7 Å². The smallest absolute Gasteiger partial charge is 0.394 e. The fraction of sp³-hybridized carbons (Fsp3) is 0.810. The van der Waals surface area contributed by atoms with Gasteiger partial charge < -0.3 is 45.8 Å².